The number of hydrogen-bond acceptors (Lipinski definition) is 4. The molecule has 0 aliphatic rings. The molecule has 3 N–H and O–H groups in total. The highest BCUT2D eigenvalue weighted by Gasteiger charge is 2.15. The van der Waals surface area contributed by atoms with Crippen LogP contribution in [0.15, 0.2) is 23.1 Å². The highest BCUT2D eigenvalue weighted by atomic mass is 32.2. The Morgan fingerprint density at radius 1 is 1.47 bits per heavy atom. The van der Waals surface area contributed by atoms with Gasteiger partial charge in [-0.25, -0.2) is 4.79 Å². The Morgan fingerprint density at radius 3 is 2.79 bits per heavy atom. The minimum Gasteiger partial charge on any atom is -0.478 e. The molecule has 0 saturated heterocycles. The van der Waals surface area contributed by atoms with E-state index in [4.69, 9.17) is 0 Å². The zero-order valence-corrected chi connectivity index (χ0v) is 12.2. The summed E-state index contributed by atoms with van der Waals surface area (Å²) in [5.41, 5.74) is 0.989. The number of aliphatic hydroxyl groups is 1. The van der Waals surface area contributed by atoms with Gasteiger partial charge in [0.05, 0.1) is 11.7 Å². The summed E-state index contributed by atoms with van der Waals surface area (Å²) >= 11 is 1.53. The fourth-order valence-corrected chi connectivity index (χ4v) is 2.62. The summed E-state index contributed by atoms with van der Waals surface area (Å²) in [5, 5.41) is 21.6. The second kappa shape index (κ2) is 8.07. The van der Waals surface area contributed by atoms with Gasteiger partial charge in [0.15, 0.2) is 0 Å². The lowest BCUT2D eigenvalue weighted by Crippen LogP contribution is -2.10. The summed E-state index contributed by atoms with van der Waals surface area (Å²) in [7, 11) is 0. The van der Waals surface area contributed by atoms with E-state index in [0.717, 1.165) is 17.1 Å². The highest BCUT2D eigenvalue weighted by molar-refractivity contribution is 7.99. The summed E-state index contributed by atoms with van der Waals surface area (Å²) in [4.78, 5) is 12.2. The maximum absolute atomic E-state index is 11.4. The van der Waals surface area contributed by atoms with Gasteiger partial charge in [0.2, 0.25) is 0 Å². The fourth-order valence-electron chi connectivity index (χ4n) is 1.80. The van der Waals surface area contributed by atoms with E-state index in [1.54, 1.807) is 13.0 Å². The molecule has 106 valence electrons. The molecule has 0 radical (unpaired) electrons. The Labute approximate surface area is 118 Å². The van der Waals surface area contributed by atoms with E-state index in [0.29, 0.717) is 24.2 Å². The van der Waals surface area contributed by atoms with E-state index in [1.165, 1.54) is 11.8 Å². The number of nitrogens with one attached hydrogen (secondary N) is 1. The smallest absolute Gasteiger partial charge is 0.338 e. The molecular weight excluding hydrogens is 262 g/mol. The van der Waals surface area contributed by atoms with E-state index in [9.17, 15) is 15.0 Å². The van der Waals surface area contributed by atoms with Gasteiger partial charge in [0.25, 0.3) is 0 Å². The SMILES string of the molecule is CCSc1cccc(NCCCC(C)O)c1C(=O)O. The highest BCUT2D eigenvalue weighted by Crippen LogP contribution is 2.28. The molecule has 0 bridgehead atoms. The molecule has 1 aromatic rings. The lowest BCUT2D eigenvalue weighted by molar-refractivity contribution is 0.0694. The zero-order chi connectivity index (χ0) is 14.3. The Morgan fingerprint density at radius 2 is 2.21 bits per heavy atom. The number of aromatic carboxylic acids is 1. The molecule has 1 unspecified atom stereocenters. The van der Waals surface area contributed by atoms with E-state index >= 15 is 0 Å². The monoisotopic (exact) mass is 283 g/mol. The molecular formula is C14H21NO3S. The van der Waals surface area contributed by atoms with Crippen molar-refractivity contribution in [3.8, 4) is 0 Å². The molecule has 0 fully saturated rings. The number of aliphatic hydroxyl groups excluding tert-OH is 1. The summed E-state index contributed by atoms with van der Waals surface area (Å²) in [6.07, 6.45) is 1.20. The zero-order valence-electron chi connectivity index (χ0n) is 11.3. The molecule has 1 aromatic carbocycles. The number of carboxylic acids is 1. The van der Waals surface area contributed by atoms with Crippen molar-refractivity contribution in [1.82, 2.24) is 0 Å². The third kappa shape index (κ3) is 5.12. The number of carboxylic acid groups (broad SMARTS) is 1. The molecule has 4 nitrogen and oxygen atoms in total. The van der Waals surface area contributed by atoms with Gasteiger partial charge in [-0.15, -0.1) is 11.8 Å². The first-order chi connectivity index (χ1) is 9.06. The largest absolute Gasteiger partial charge is 0.478 e. The van der Waals surface area contributed by atoms with Crippen LogP contribution in [0.5, 0.6) is 0 Å². The second-order valence-corrected chi connectivity index (χ2v) is 5.64. The number of hydrogen-bond donors (Lipinski definition) is 3. The summed E-state index contributed by atoms with van der Waals surface area (Å²) in [5.74, 6) is -0.0688. The minimum atomic E-state index is -0.908. The van der Waals surface area contributed by atoms with E-state index in [2.05, 4.69) is 5.32 Å². The van der Waals surface area contributed by atoms with Crippen LogP contribution in [0.2, 0.25) is 0 Å². The summed E-state index contributed by atoms with van der Waals surface area (Å²) in [6.45, 7) is 4.41. The average molecular weight is 283 g/mol. The van der Waals surface area contributed by atoms with Gasteiger partial charge in [-0.3, -0.25) is 0 Å². The van der Waals surface area contributed by atoms with Crippen molar-refractivity contribution in [2.75, 3.05) is 17.6 Å². The predicted molar refractivity (Wildman–Crippen MR) is 79.2 cm³/mol. The van der Waals surface area contributed by atoms with Crippen LogP contribution in [0.1, 0.15) is 37.0 Å². The first kappa shape index (κ1) is 15.9. The van der Waals surface area contributed by atoms with Gasteiger partial charge in [-0.2, -0.15) is 0 Å². The van der Waals surface area contributed by atoms with Gasteiger partial charge in [0.1, 0.15) is 0 Å². The maximum Gasteiger partial charge on any atom is 0.338 e. The van der Waals surface area contributed by atoms with E-state index in [1.807, 2.05) is 19.1 Å². The number of anilines is 1. The standard InChI is InChI=1S/C14H21NO3S/c1-3-19-12-8-4-7-11(13(12)14(17)18)15-9-5-6-10(2)16/h4,7-8,10,15-16H,3,5-6,9H2,1-2H3,(H,17,18). The molecule has 0 amide bonds. The topological polar surface area (TPSA) is 69.6 Å². The number of carbonyl (C=O) groups is 1. The summed E-state index contributed by atoms with van der Waals surface area (Å²) < 4.78 is 0. The van der Waals surface area contributed by atoms with Gasteiger partial charge in [-0.05, 0) is 37.7 Å². The average Bonchev–Trinajstić information content (AvgIpc) is 2.34. The van der Waals surface area contributed by atoms with Crippen LogP contribution in [0.4, 0.5) is 5.69 Å². The van der Waals surface area contributed by atoms with Crippen LogP contribution < -0.4 is 5.32 Å². The molecule has 0 heterocycles. The molecule has 0 saturated carbocycles. The molecule has 19 heavy (non-hydrogen) atoms. The Balaban J connectivity index is 2.76. The first-order valence-electron chi connectivity index (χ1n) is 6.47. The minimum absolute atomic E-state index is 0.317. The molecule has 0 aliphatic heterocycles. The predicted octanol–water partition coefficient (Wildman–Crippen LogP) is 3.07. The Bertz CT molecular complexity index is 421. The number of rotatable bonds is 8. The van der Waals surface area contributed by atoms with Gasteiger partial charge in [-0.1, -0.05) is 13.0 Å². The van der Waals surface area contributed by atoms with Crippen molar-refractivity contribution >= 4 is 23.4 Å². The molecule has 5 heteroatoms. The lowest BCUT2D eigenvalue weighted by atomic mass is 10.1. The van der Waals surface area contributed by atoms with Crippen molar-refractivity contribution < 1.29 is 15.0 Å². The lowest BCUT2D eigenvalue weighted by Gasteiger charge is -2.13. The molecule has 0 spiro atoms. The number of benzene rings is 1. The van der Waals surface area contributed by atoms with Crippen LogP contribution in [0.3, 0.4) is 0 Å². The van der Waals surface area contributed by atoms with E-state index in [-0.39, 0.29) is 6.10 Å². The quantitative estimate of drug-likeness (QED) is 0.505. The third-order valence-corrected chi connectivity index (χ3v) is 3.59. The van der Waals surface area contributed by atoms with Gasteiger partial charge < -0.3 is 15.5 Å². The normalized spacial score (nSPS) is 12.2. The maximum atomic E-state index is 11.4. The van der Waals surface area contributed by atoms with Crippen molar-refractivity contribution in [3.05, 3.63) is 23.8 Å². The van der Waals surface area contributed by atoms with Crippen molar-refractivity contribution in [2.24, 2.45) is 0 Å². The van der Waals surface area contributed by atoms with Gasteiger partial charge >= 0.3 is 5.97 Å². The van der Waals surface area contributed by atoms with Crippen LogP contribution >= 0.6 is 11.8 Å². The molecule has 0 aromatic heterocycles. The van der Waals surface area contributed by atoms with Crippen LogP contribution in [0.25, 0.3) is 0 Å². The summed E-state index contributed by atoms with van der Waals surface area (Å²) in [6, 6.07) is 5.48. The first-order valence-corrected chi connectivity index (χ1v) is 7.45. The van der Waals surface area contributed by atoms with Crippen molar-refractivity contribution in [1.29, 1.82) is 0 Å². The van der Waals surface area contributed by atoms with Crippen molar-refractivity contribution in [2.45, 2.75) is 37.7 Å². The molecule has 0 aliphatic carbocycles. The Kier molecular flexibility index (Phi) is 6.73. The van der Waals surface area contributed by atoms with Gasteiger partial charge in [0, 0.05) is 17.1 Å². The van der Waals surface area contributed by atoms with Crippen LogP contribution in [-0.4, -0.2) is 34.6 Å². The van der Waals surface area contributed by atoms with Crippen molar-refractivity contribution in [3.63, 3.8) is 0 Å². The number of thioether (sulfide) groups is 1. The second-order valence-electron chi connectivity index (χ2n) is 4.33. The van der Waals surface area contributed by atoms with E-state index < -0.39 is 5.97 Å². The Hall–Kier alpha value is -1.20. The van der Waals surface area contributed by atoms with Crippen LogP contribution in [0, 0.1) is 0 Å². The fraction of sp³-hybridized carbons (Fsp3) is 0.500. The molecule has 1 atom stereocenters. The molecule has 1 rings (SSSR count). The van der Waals surface area contributed by atoms with Crippen LogP contribution in [-0.2, 0) is 0 Å². The third-order valence-electron chi connectivity index (χ3n) is 2.65.